The molecule has 1 amide bonds. The van der Waals surface area contributed by atoms with Gasteiger partial charge >= 0.3 is 0 Å². The van der Waals surface area contributed by atoms with Crippen molar-refractivity contribution in [3.63, 3.8) is 0 Å². The quantitative estimate of drug-likeness (QED) is 0.640. The van der Waals surface area contributed by atoms with Crippen LogP contribution in [0.15, 0.2) is 48.5 Å². The van der Waals surface area contributed by atoms with Gasteiger partial charge < -0.3 is 15.0 Å². The fourth-order valence-corrected chi connectivity index (χ4v) is 3.94. The number of carbonyl (C=O) groups is 1. The number of rotatable bonds is 9. The zero-order valence-corrected chi connectivity index (χ0v) is 18.7. The summed E-state index contributed by atoms with van der Waals surface area (Å²) in [6.45, 7) is 13.7. The molecule has 1 unspecified atom stereocenters. The van der Waals surface area contributed by atoms with Crippen LogP contribution in [0.5, 0.6) is 5.75 Å². The molecule has 0 radical (unpaired) electrons. The number of nitrogens with zero attached hydrogens (tertiary/aromatic N) is 2. The number of hydrogen-bond acceptors (Lipinski definition) is 4. The number of amides is 1. The largest absolute Gasteiger partial charge is 0.493 e. The standard InChI is InChI=1S/C25H35N3O2/c1-5-27(6-2)23-15-16-28(17-23)22-11-9-21(10-12-22)26-25(29)20-7-13-24(14-8-20)30-18-19(3)4/h7-14,19,23H,5-6,15-18H2,1-4H3,(H,26,29). The Bertz CT molecular complexity index is 798. The van der Waals surface area contributed by atoms with Crippen molar-refractivity contribution >= 4 is 17.3 Å². The second-order valence-corrected chi connectivity index (χ2v) is 8.34. The van der Waals surface area contributed by atoms with E-state index in [1.165, 1.54) is 12.1 Å². The summed E-state index contributed by atoms with van der Waals surface area (Å²) in [7, 11) is 0. The van der Waals surface area contributed by atoms with E-state index in [2.05, 4.69) is 54.9 Å². The summed E-state index contributed by atoms with van der Waals surface area (Å²) in [6, 6.07) is 16.1. The van der Waals surface area contributed by atoms with Gasteiger partial charge in [0.15, 0.2) is 0 Å². The van der Waals surface area contributed by atoms with Crippen LogP contribution in [0.4, 0.5) is 11.4 Å². The summed E-state index contributed by atoms with van der Waals surface area (Å²) in [6.07, 6.45) is 1.21. The number of carbonyl (C=O) groups excluding carboxylic acids is 1. The molecule has 2 aromatic carbocycles. The Kier molecular flexibility index (Phi) is 7.75. The fraction of sp³-hybridized carbons (Fsp3) is 0.480. The average molecular weight is 410 g/mol. The molecule has 0 bridgehead atoms. The molecule has 1 atom stereocenters. The molecule has 2 aromatic rings. The second kappa shape index (κ2) is 10.5. The summed E-state index contributed by atoms with van der Waals surface area (Å²) in [5.74, 6) is 1.15. The van der Waals surface area contributed by atoms with Gasteiger partial charge in [-0.25, -0.2) is 0 Å². The molecule has 1 aliphatic heterocycles. The highest BCUT2D eigenvalue weighted by molar-refractivity contribution is 6.04. The number of likely N-dealkylation sites (N-methyl/N-ethyl adjacent to an activating group) is 1. The molecule has 5 heteroatoms. The highest BCUT2D eigenvalue weighted by atomic mass is 16.5. The van der Waals surface area contributed by atoms with Crippen LogP contribution in [-0.4, -0.2) is 49.6 Å². The SMILES string of the molecule is CCN(CC)C1CCN(c2ccc(NC(=O)c3ccc(OCC(C)C)cc3)cc2)C1. The first-order valence-corrected chi connectivity index (χ1v) is 11.1. The predicted octanol–water partition coefficient (Wildman–Crippen LogP) is 4.89. The summed E-state index contributed by atoms with van der Waals surface area (Å²) in [4.78, 5) is 17.5. The number of anilines is 2. The van der Waals surface area contributed by atoms with Crippen LogP contribution in [-0.2, 0) is 0 Å². The van der Waals surface area contributed by atoms with Gasteiger partial charge in [-0.1, -0.05) is 27.7 Å². The van der Waals surface area contributed by atoms with E-state index in [9.17, 15) is 4.79 Å². The first kappa shape index (κ1) is 22.2. The highest BCUT2D eigenvalue weighted by Crippen LogP contribution is 2.25. The van der Waals surface area contributed by atoms with Gasteiger partial charge in [0, 0.05) is 36.1 Å². The summed E-state index contributed by atoms with van der Waals surface area (Å²) in [5, 5.41) is 2.98. The average Bonchev–Trinajstić information content (AvgIpc) is 3.24. The minimum absolute atomic E-state index is 0.110. The second-order valence-electron chi connectivity index (χ2n) is 8.34. The van der Waals surface area contributed by atoms with Gasteiger partial charge in [0.2, 0.25) is 0 Å². The van der Waals surface area contributed by atoms with E-state index in [-0.39, 0.29) is 5.91 Å². The van der Waals surface area contributed by atoms with Crippen molar-refractivity contribution in [3.05, 3.63) is 54.1 Å². The molecule has 30 heavy (non-hydrogen) atoms. The molecule has 1 fully saturated rings. The molecule has 0 aliphatic carbocycles. The number of nitrogens with one attached hydrogen (secondary N) is 1. The van der Waals surface area contributed by atoms with Crippen LogP contribution in [0.1, 0.15) is 44.5 Å². The maximum Gasteiger partial charge on any atom is 0.255 e. The van der Waals surface area contributed by atoms with Crippen LogP contribution in [0.2, 0.25) is 0 Å². The third-order valence-electron chi connectivity index (χ3n) is 5.68. The van der Waals surface area contributed by atoms with Crippen molar-refractivity contribution in [2.24, 2.45) is 5.92 Å². The zero-order valence-electron chi connectivity index (χ0n) is 18.7. The van der Waals surface area contributed by atoms with Crippen LogP contribution < -0.4 is 15.0 Å². The molecule has 1 aliphatic rings. The van der Waals surface area contributed by atoms with Crippen LogP contribution in [0.3, 0.4) is 0 Å². The van der Waals surface area contributed by atoms with Gasteiger partial charge in [-0.15, -0.1) is 0 Å². The van der Waals surface area contributed by atoms with Crippen molar-refractivity contribution in [1.29, 1.82) is 0 Å². The monoisotopic (exact) mass is 409 g/mol. The lowest BCUT2D eigenvalue weighted by molar-refractivity contribution is 0.102. The lowest BCUT2D eigenvalue weighted by Gasteiger charge is -2.26. The summed E-state index contributed by atoms with van der Waals surface area (Å²) >= 11 is 0. The van der Waals surface area contributed by atoms with Crippen molar-refractivity contribution in [3.8, 4) is 5.75 Å². The predicted molar refractivity (Wildman–Crippen MR) is 125 cm³/mol. The van der Waals surface area contributed by atoms with Crippen molar-refractivity contribution in [2.45, 2.75) is 40.2 Å². The van der Waals surface area contributed by atoms with E-state index in [1.54, 1.807) is 12.1 Å². The fourth-order valence-electron chi connectivity index (χ4n) is 3.94. The van der Waals surface area contributed by atoms with Crippen molar-refractivity contribution in [2.75, 3.05) is 43.0 Å². The Labute approximate surface area is 181 Å². The van der Waals surface area contributed by atoms with Crippen LogP contribution >= 0.6 is 0 Å². The van der Waals surface area contributed by atoms with Gasteiger partial charge in [-0.3, -0.25) is 9.69 Å². The maximum absolute atomic E-state index is 12.5. The molecule has 0 saturated carbocycles. The third kappa shape index (κ3) is 5.76. The highest BCUT2D eigenvalue weighted by Gasteiger charge is 2.26. The van der Waals surface area contributed by atoms with Gasteiger partial charge in [0.1, 0.15) is 5.75 Å². The Hall–Kier alpha value is -2.53. The molecule has 1 saturated heterocycles. The molecular weight excluding hydrogens is 374 g/mol. The minimum Gasteiger partial charge on any atom is -0.493 e. The molecule has 5 nitrogen and oxygen atoms in total. The van der Waals surface area contributed by atoms with E-state index in [1.807, 2.05) is 24.3 Å². The number of benzene rings is 2. The summed E-state index contributed by atoms with van der Waals surface area (Å²) in [5.41, 5.74) is 2.65. The van der Waals surface area contributed by atoms with Gasteiger partial charge in [0.25, 0.3) is 5.91 Å². The first-order valence-electron chi connectivity index (χ1n) is 11.1. The molecule has 1 N–H and O–H groups in total. The molecule has 0 spiro atoms. The number of hydrogen-bond donors (Lipinski definition) is 1. The van der Waals surface area contributed by atoms with Crippen molar-refractivity contribution < 1.29 is 9.53 Å². The maximum atomic E-state index is 12.5. The van der Waals surface area contributed by atoms with Gasteiger partial charge in [-0.05, 0) is 74.0 Å². The number of ether oxygens (including phenoxy) is 1. The lowest BCUT2D eigenvalue weighted by Crippen LogP contribution is -2.37. The molecule has 3 rings (SSSR count). The molecule has 1 heterocycles. The third-order valence-corrected chi connectivity index (χ3v) is 5.68. The smallest absolute Gasteiger partial charge is 0.255 e. The zero-order chi connectivity index (χ0) is 21.5. The lowest BCUT2D eigenvalue weighted by atomic mass is 10.2. The van der Waals surface area contributed by atoms with Crippen LogP contribution in [0.25, 0.3) is 0 Å². The van der Waals surface area contributed by atoms with E-state index < -0.39 is 0 Å². The Balaban J connectivity index is 1.55. The van der Waals surface area contributed by atoms with E-state index >= 15 is 0 Å². The summed E-state index contributed by atoms with van der Waals surface area (Å²) < 4.78 is 5.68. The van der Waals surface area contributed by atoms with E-state index in [0.29, 0.717) is 24.1 Å². The van der Waals surface area contributed by atoms with Gasteiger partial charge in [-0.2, -0.15) is 0 Å². The Morgan fingerprint density at radius 2 is 1.77 bits per heavy atom. The Morgan fingerprint density at radius 1 is 1.10 bits per heavy atom. The topological polar surface area (TPSA) is 44.8 Å². The molecule has 162 valence electrons. The van der Waals surface area contributed by atoms with Gasteiger partial charge in [0.05, 0.1) is 6.61 Å². The normalized spacial score (nSPS) is 16.3. The molecule has 0 aromatic heterocycles. The van der Waals surface area contributed by atoms with E-state index in [0.717, 1.165) is 37.6 Å². The van der Waals surface area contributed by atoms with E-state index in [4.69, 9.17) is 4.74 Å². The van der Waals surface area contributed by atoms with Crippen LogP contribution in [0, 0.1) is 5.92 Å². The van der Waals surface area contributed by atoms with Crippen molar-refractivity contribution in [1.82, 2.24) is 4.90 Å². The minimum atomic E-state index is -0.110. The Morgan fingerprint density at radius 3 is 2.37 bits per heavy atom. The molecular formula is C25H35N3O2. The first-order chi connectivity index (χ1) is 14.5.